The van der Waals surface area contributed by atoms with Crippen molar-refractivity contribution in [3.05, 3.63) is 83.3 Å². The number of nitrogens with one attached hydrogen (secondary N) is 1. The lowest BCUT2D eigenvalue weighted by molar-refractivity contribution is -0.384. The molecule has 0 amide bonds. The molecule has 0 spiro atoms. The Balaban J connectivity index is 1.67. The molecule has 0 saturated carbocycles. The summed E-state index contributed by atoms with van der Waals surface area (Å²) >= 11 is 1.53. The number of aryl methyl sites for hydroxylation is 1. The molecule has 5 rings (SSSR count). The standard InChI is InChI=1S/C24H19N5O2S/c1-28-10-7-15-3-4-16(11-22(15)28)19-12-17(13-21-24(19)26-9-8-25-21)27-20-14-18(29(30)31)5-6-23(20)32-2/h3-14,27H,1-2H3. The third kappa shape index (κ3) is 3.54. The van der Waals surface area contributed by atoms with Gasteiger partial charge in [0.15, 0.2) is 0 Å². The van der Waals surface area contributed by atoms with Crippen LogP contribution in [0.5, 0.6) is 0 Å². The van der Waals surface area contributed by atoms with Crippen LogP contribution in [-0.2, 0) is 7.05 Å². The Bertz CT molecular complexity index is 1500. The predicted molar refractivity (Wildman–Crippen MR) is 130 cm³/mol. The first kappa shape index (κ1) is 20.0. The summed E-state index contributed by atoms with van der Waals surface area (Å²) in [6.45, 7) is 0. The van der Waals surface area contributed by atoms with Gasteiger partial charge in [-0.1, -0.05) is 12.1 Å². The first-order valence-electron chi connectivity index (χ1n) is 9.93. The minimum Gasteiger partial charge on any atom is -0.354 e. The van der Waals surface area contributed by atoms with E-state index < -0.39 is 0 Å². The van der Waals surface area contributed by atoms with Crippen LogP contribution in [0.2, 0.25) is 0 Å². The molecule has 3 aromatic carbocycles. The van der Waals surface area contributed by atoms with E-state index in [-0.39, 0.29) is 10.6 Å². The van der Waals surface area contributed by atoms with E-state index in [0.29, 0.717) is 5.69 Å². The zero-order chi connectivity index (χ0) is 22.2. The van der Waals surface area contributed by atoms with E-state index in [1.54, 1.807) is 24.5 Å². The number of anilines is 2. The van der Waals surface area contributed by atoms with Gasteiger partial charge in [0.1, 0.15) is 0 Å². The van der Waals surface area contributed by atoms with Crippen molar-refractivity contribution < 1.29 is 4.92 Å². The second kappa shape index (κ2) is 7.97. The highest BCUT2D eigenvalue weighted by Crippen LogP contribution is 2.36. The summed E-state index contributed by atoms with van der Waals surface area (Å²) in [7, 11) is 2.02. The Morgan fingerprint density at radius 3 is 2.69 bits per heavy atom. The number of hydrogen-bond acceptors (Lipinski definition) is 6. The minimum atomic E-state index is -0.387. The number of hydrogen-bond donors (Lipinski definition) is 1. The zero-order valence-electron chi connectivity index (χ0n) is 17.4. The predicted octanol–water partition coefficient (Wildman–Crippen LogP) is 6.16. The first-order chi connectivity index (χ1) is 15.5. The maximum absolute atomic E-state index is 11.3. The molecule has 0 fully saturated rings. The molecule has 158 valence electrons. The highest BCUT2D eigenvalue weighted by molar-refractivity contribution is 7.98. The Hall–Kier alpha value is -3.91. The lowest BCUT2D eigenvalue weighted by Gasteiger charge is -2.14. The highest BCUT2D eigenvalue weighted by Gasteiger charge is 2.14. The van der Waals surface area contributed by atoms with Gasteiger partial charge in [0.05, 0.1) is 21.6 Å². The van der Waals surface area contributed by atoms with Gasteiger partial charge in [-0.25, -0.2) is 0 Å². The summed E-state index contributed by atoms with van der Waals surface area (Å²) in [5.41, 5.74) is 6.15. The second-order valence-electron chi connectivity index (χ2n) is 7.41. The Kier molecular flexibility index (Phi) is 4.99. The molecule has 2 aromatic heterocycles. The van der Waals surface area contributed by atoms with Crippen LogP contribution in [0.4, 0.5) is 17.1 Å². The Morgan fingerprint density at radius 2 is 1.88 bits per heavy atom. The number of benzene rings is 3. The van der Waals surface area contributed by atoms with Crippen LogP contribution in [0.15, 0.2) is 78.1 Å². The molecule has 0 bridgehead atoms. The largest absolute Gasteiger partial charge is 0.354 e. The Morgan fingerprint density at radius 1 is 1.03 bits per heavy atom. The van der Waals surface area contributed by atoms with E-state index in [1.165, 1.54) is 23.2 Å². The van der Waals surface area contributed by atoms with E-state index in [2.05, 4.69) is 44.1 Å². The molecule has 8 heteroatoms. The number of rotatable bonds is 5. The van der Waals surface area contributed by atoms with Crippen molar-refractivity contribution in [1.82, 2.24) is 14.5 Å². The van der Waals surface area contributed by atoms with Crippen molar-refractivity contribution in [2.24, 2.45) is 7.05 Å². The van der Waals surface area contributed by atoms with Gasteiger partial charge >= 0.3 is 0 Å². The molecule has 0 aliphatic heterocycles. The normalized spacial score (nSPS) is 11.2. The van der Waals surface area contributed by atoms with Crippen LogP contribution >= 0.6 is 11.8 Å². The van der Waals surface area contributed by atoms with E-state index in [1.807, 2.05) is 31.6 Å². The fourth-order valence-corrected chi connectivity index (χ4v) is 4.39. The maximum atomic E-state index is 11.3. The van der Waals surface area contributed by atoms with Crippen LogP contribution < -0.4 is 5.32 Å². The minimum absolute atomic E-state index is 0.0419. The summed E-state index contributed by atoms with van der Waals surface area (Å²) in [4.78, 5) is 20.9. The maximum Gasteiger partial charge on any atom is 0.271 e. The SMILES string of the molecule is CSc1ccc([N+](=O)[O-])cc1Nc1cc(-c2ccc3ccn(C)c3c2)c2nccnc2c1. The van der Waals surface area contributed by atoms with Gasteiger partial charge in [-0.05, 0) is 47.5 Å². The van der Waals surface area contributed by atoms with Gasteiger partial charge in [-0.2, -0.15) is 0 Å². The molecule has 1 N–H and O–H groups in total. The van der Waals surface area contributed by atoms with Crippen molar-refractivity contribution in [1.29, 1.82) is 0 Å². The van der Waals surface area contributed by atoms with Gasteiger partial charge in [-0.3, -0.25) is 20.1 Å². The van der Waals surface area contributed by atoms with Crippen molar-refractivity contribution >= 4 is 50.8 Å². The Labute approximate surface area is 188 Å². The first-order valence-corrected chi connectivity index (χ1v) is 11.2. The number of non-ortho nitro benzene ring substituents is 1. The third-order valence-corrected chi connectivity index (χ3v) is 6.24. The number of aromatic nitrogens is 3. The fraction of sp³-hybridized carbons (Fsp3) is 0.0833. The number of nitro groups is 1. The van der Waals surface area contributed by atoms with Crippen LogP contribution in [0.1, 0.15) is 0 Å². The summed E-state index contributed by atoms with van der Waals surface area (Å²) in [5, 5.41) is 15.8. The van der Waals surface area contributed by atoms with Crippen LogP contribution in [0.25, 0.3) is 33.1 Å². The molecule has 2 heterocycles. The van der Waals surface area contributed by atoms with E-state index in [9.17, 15) is 10.1 Å². The lowest BCUT2D eigenvalue weighted by atomic mass is 10.0. The molecule has 0 unspecified atom stereocenters. The van der Waals surface area contributed by atoms with Gasteiger partial charge < -0.3 is 9.88 Å². The molecule has 0 saturated heterocycles. The van der Waals surface area contributed by atoms with Crippen molar-refractivity contribution in [3.8, 4) is 11.1 Å². The van der Waals surface area contributed by atoms with Crippen LogP contribution in [-0.4, -0.2) is 25.7 Å². The molecule has 0 aliphatic rings. The highest BCUT2D eigenvalue weighted by atomic mass is 32.2. The van der Waals surface area contributed by atoms with Gasteiger partial charge in [0.2, 0.25) is 0 Å². The molecule has 7 nitrogen and oxygen atoms in total. The summed E-state index contributed by atoms with van der Waals surface area (Å²) in [6, 6.07) is 17.2. The number of nitrogens with zero attached hydrogens (tertiary/aromatic N) is 4. The van der Waals surface area contributed by atoms with Crippen molar-refractivity contribution in [3.63, 3.8) is 0 Å². The summed E-state index contributed by atoms with van der Waals surface area (Å²) in [6.07, 6.45) is 7.33. The van der Waals surface area contributed by atoms with Crippen molar-refractivity contribution in [2.75, 3.05) is 11.6 Å². The second-order valence-corrected chi connectivity index (χ2v) is 8.26. The van der Waals surface area contributed by atoms with Crippen LogP contribution in [0.3, 0.4) is 0 Å². The zero-order valence-corrected chi connectivity index (χ0v) is 18.3. The fourth-order valence-electron chi connectivity index (χ4n) is 3.86. The van der Waals surface area contributed by atoms with E-state index >= 15 is 0 Å². The van der Waals surface area contributed by atoms with Gasteiger partial charge in [0, 0.05) is 59.4 Å². The lowest BCUT2D eigenvalue weighted by Crippen LogP contribution is -1.97. The van der Waals surface area contributed by atoms with E-state index in [4.69, 9.17) is 0 Å². The molecule has 0 radical (unpaired) electrons. The van der Waals surface area contributed by atoms with Crippen LogP contribution in [0, 0.1) is 10.1 Å². The van der Waals surface area contributed by atoms with Gasteiger partial charge in [-0.15, -0.1) is 11.8 Å². The average molecular weight is 442 g/mol. The smallest absolute Gasteiger partial charge is 0.271 e. The molecular weight excluding hydrogens is 422 g/mol. The van der Waals surface area contributed by atoms with Crippen molar-refractivity contribution in [2.45, 2.75) is 4.90 Å². The van der Waals surface area contributed by atoms with E-state index in [0.717, 1.165) is 38.3 Å². The van der Waals surface area contributed by atoms with Gasteiger partial charge in [0.25, 0.3) is 5.69 Å². The summed E-state index contributed by atoms with van der Waals surface area (Å²) in [5.74, 6) is 0. The molecule has 5 aromatic rings. The number of fused-ring (bicyclic) bond motifs is 2. The average Bonchev–Trinajstić information content (AvgIpc) is 3.18. The third-order valence-electron chi connectivity index (χ3n) is 5.45. The quantitative estimate of drug-likeness (QED) is 0.200. The molecule has 0 aliphatic carbocycles. The molecule has 0 atom stereocenters. The summed E-state index contributed by atoms with van der Waals surface area (Å²) < 4.78 is 2.09. The molecule has 32 heavy (non-hydrogen) atoms. The topological polar surface area (TPSA) is 85.9 Å². The number of nitro benzene ring substituents is 1. The molecular formula is C24H19N5O2S. The monoisotopic (exact) mass is 441 g/mol. The number of thioether (sulfide) groups is 1.